The average Bonchev–Trinajstić information content (AvgIpc) is 2.84. The van der Waals surface area contributed by atoms with E-state index in [0.717, 1.165) is 19.3 Å². The lowest BCUT2D eigenvalue weighted by molar-refractivity contribution is 0.0131. The maximum Gasteiger partial charge on any atom is 0.410 e. The van der Waals surface area contributed by atoms with E-state index in [-0.39, 0.29) is 16.5 Å². The molecule has 8 nitrogen and oxygen atoms in total. The molecule has 0 aliphatic carbocycles. The predicted molar refractivity (Wildman–Crippen MR) is 105 cm³/mol. The molecule has 1 aromatic rings. The number of hydrogen-bond acceptors (Lipinski definition) is 6. The third-order valence-corrected chi connectivity index (χ3v) is 5.52. The fraction of sp³-hybridized carbons (Fsp3) is 0.684. The Balaban J connectivity index is 1.80. The highest BCUT2D eigenvalue weighted by Crippen LogP contribution is 2.36. The van der Waals surface area contributed by atoms with Crippen molar-refractivity contribution in [3.8, 4) is 5.88 Å². The number of rotatable bonds is 6. The van der Waals surface area contributed by atoms with E-state index in [1.54, 1.807) is 0 Å². The lowest BCUT2D eigenvalue weighted by Crippen LogP contribution is -2.45. The van der Waals surface area contributed by atoms with E-state index in [4.69, 9.17) is 14.6 Å². The van der Waals surface area contributed by atoms with Crippen LogP contribution in [-0.4, -0.2) is 48.7 Å². The van der Waals surface area contributed by atoms with E-state index < -0.39 is 15.6 Å². The Morgan fingerprint density at radius 3 is 2.57 bits per heavy atom. The largest absolute Gasteiger partial charge is 0.478 e. The predicted octanol–water partition coefficient (Wildman–Crippen LogP) is 2.92. The summed E-state index contributed by atoms with van der Waals surface area (Å²) in [6.07, 6.45) is 3.55. The maximum absolute atomic E-state index is 12.5. The summed E-state index contributed by atoms with van der Waals surface area (Å²) >= 11 is 0. The number of likely N-dealkylation sites (tertiary alicyclic amines) is 1. The summed E-state index contributed by atoms with van der Waals surface area (Å²) in [4.78, 5) is 18.2. The number of amides is 1. The third-order valence-electron chi connectivity index (χ3n) is 4.62. The molecule has 0 spiro atoms. The van der Waals surface area contributed by atoms with Crippen LogP contribution in [-0.2, 0) is 14.8 Å². The fourth-order valence-corrected chi connectivity index (χ4v) is 3.85. The van der Waals surface area contributed by atoms with Crippen LogP contribution < -0.4 is 9.88 Å². The van der Waals surface area contributed by atoms with Gasteiger partial charge in [-0.2, -0.15) is 0 Å². The van der Waals surface area contributed by atoms with Crippen LogP contribution in [0.4, 0.5) is 4.79 Å². The Bertz CT molecular complexity index is 785. The first-order chi connectivity index (χ1) is 12.8. The molecule has 0 unspecified atom stereocenters. The molecule has 1 aromatic heterocycles. The summed E-state index contributed by atoms with van der Waals surface area (Å²) in [6.45, 7) is 10.9. The highest BCUT2D eigenvalue weighted by Gasteiger charge is 2.42. The van der Waals surface area contributed by atoms with E-state index in [2.05, 4.69) is 18.8 Å². The Kier molecular flexibility index (Phi) is 6.60. The van der Waals surface area contributed by atoms with Gasteiger partial charge in [-0.25, -0.2) is 23.3 Å². The standard InChI is InChI=1S/C19H31N3O5S/c1-18(2,3)27-17(23)22-13-14(11-19(22,4)5)7-6-10-26-16-9-8-15(12-21-16)28(20,24)25/h8-9,12,14H,6-7,10-11,13H2,1-5H3,(H2,20,24,25)/t14-/m0/s1. The van der Waals surface area contributed by atoms with Gasteiger partial charge in [0.25, 0.3) is 0 Å². The van der Waals surface area contributed by atoms with E-state index in [0.29, 0.717) is 24.9 Å². The van der Waals surface area contributed by atoms with Crippen molar-refractivity contribution >= 4 is 16.1 Å². The zero-order valence-electron chi connectivity index (χ0n) is 17.3. The third kappa shape index (κ3) is 6.34. The second-order valence-electron chi connectivity index (χ2n) is 8.84. The zero-order valence-corrected chi connectivity index (χ0v) is 18.1. The van der Waals surface area contributed by atoms with Gasteiger partial charge in [-0.1, -0.05) is 0 Å². The molecule has 1 amide bonds. The highest BCUT2D eigenvalue weighted by molar-refractivity contribution is 7.89. The van der Waals surface area contributed by atoms with Crippen molar-refractivity contribution in [3.63, 3.8) is 0 Å². The topological polar surface area (TPSA) is 112 Å². The Hall–Kier alpha value is -1.87. The van der Waals surface area contributed by atoms with Gasteiger partial charge in [0.1, 0.15) is 10.5 Å². The van der Waals surface area contributed by atoms with Crippen molar-refractivity contribution in [1.82, 2.24) is 9.88 Å². The molecule has 2 N–H and O–H groups in total. The number of carbonyl (C=O) groups excluding carboxylic acids is 1. The molecule has 9 heteroatoms. The second kappa shape index (κ2) is 8.24. The smallest absolute Gasteiger partial charge is 0.410 e. The molecule has 28 heavy (non-hydrogen) atoms. The summed E-state index contributed by atoms with van der Waals surface area (Å²) in [5.74, 6) is 0.735. The first-order valence-electron chi connectivity index (χ1n) is 9.40. The lowest BCUT2D eigenvalue weighted by atomic mass is 9.93. The number of sulfonamides is 1. The molecule has 1 fully saturated rings. The van der Waals surface area contributed by atoms with Crippen LogP contribution in [0.3, 0.4) is 0 Å². The van der Waals surface area contributed by atoms with Crippen LogP contribution in [0.5, 0.6) is 5.88 Å². The minimum absolute atomic E-state index is 0.0460. The minimum atomic E-state index is -3.75. The Morgan fingerprint density at radius 2 is 2.04 bits per heavy atom. The molecule has 1 saturated heterocycles. The van der Waals surface area contributed by atoms with Crippen molar-refractivity contribution in [2.75, 3.05) is 13.2 Å². The first kappa shape index (κ1) is 22.4. The van der Waals surface area contributed by atoms with Gasteiger partial charge in [0.05, 0.1) is 12.8 Å². The van der Waals surface area contributed by atoms with Crippen LogP contribution in [0.25, 0.3) is 0 Å². The van der Waals surface area contributed by atoms with E-state index >= 15 is 0 Å². The van der Waals surface area contributed by atoms with Crippen molar-refractivity contribution in [2.24, 2.45) is 11.1 Å². The molecule has 0 aromatic carbocycles. The molecular formula is C19H31N3O5S. The number of nitrogens with zero attached hydrogens (tertiary/aromatic N) is 2. The van der Waals surface area contributed by atoms with Crippen molar-refractivity contribution < 1.29 is 22.7 Å². The number of nitrogens with two attached hydrogens (primary N) is 1. The minimum Gasteiger partial charge on any atom is -0.478 e. The van der Waals surface area contributed by atoms with Gasteiger partial charge in [0, 0.05) is 18.2 Å². The zero-order chi connectivity index (χ0) is 21.2. The lowest BCUT2D eigenvalue weighted by Gasteiger charge is -2.33. The molecular weight excluding hydrogens is 382 g/mol. The maximum atomic E-state index is 12.5. The molecule has 1 atom stereocenters. The van der Waals surface area contributed by atoms with Gasteiger partial charge < -0.3 is 14.4 Å². The van der Waals surface area contributed by atoms with Gasteiger partial charge in [-0.15, -0.1) is 0 Å². The summed E-state index contributed by atoms with van der Waals surface area (Å²) in [6, 6.07) is 2.86. The molecule has 158 valence electrons. The normalized spacial score (nSPS) is 19.5. The van der Waals surface area contributed by atoms with Crippen LogP contribution in [0, 0.1) is 5.92 Å². The van der Waals surface area contributed by atoms with Gasteiger partial charge in [-0.3, -0.25) is 0 Å². The number of primary sulfonamides is 1. The number of pyridine rings is 1. The summed E-state index contributed by atoms with van der Waals surface area (Å²) in [5.41, 5.74) is -0.746. The molecule has 0 bridgehead atoms. The van der Waals surface area contributed by atoms with Crippen LogP contribution in [0.1, 0.15) is 53.9 Å². The van der Waals surface area contributed by atoms with Crippen LogP contribution >= 0.6 is 0 Å². The number of hydrogen-bond donors (Lipinski definition) is 1. The second-order valence-corrected chi connectivity index (χ2v) is 10.4. The van der Waals surface area contributed by atoms with E-state index in [1.165, 1.54) is 18.3 Å². The fourth-order valence-electron chi connectivity index (χ4n) is 3.39. The van der Waals surface area contributed by atoms with Gasteiger partial charge in [0.15, 0.2) is 0 Å². The number of aromatic nitrogens is 1. The van der Waals surface area contributed by atoms with Crippen LogP contribution in [0.15, 0.2) is 23.2 Å². The Labute approximate surface area is 167 Å². The van der Waals surface area contributed by atoms with Gasteiger partial charge in [-0.05, 0) is 65.9 Å². The quantitative estimate of drug-likeness (QED) is 0.718. The van der Waals surface area contributed by atoms with E-state index in [1.807, 2.05) is 25.7 Å². The molecule has 1 aliphatic heterocycles. The van der Waals surface area contributed by atoms with Crippen molar-refractivity contribution in [2.45, 2.75) is 69.9 Å². The summed E-state index contributed by atoms with van der Waals surface area (Å²) in [7, 11) is -3.75. The SMILES string of the molecule is CC(C)(C)OC(=O)N1C[C@@H](CCCOc2ccc(S(N)(=O)=O)cn2)CC1(C)C. The van der Waals surface area contributed by atoms with Gasteiger partial charge >= 0.3 is 6.09 Å². The number of ether oxygens (including phenoxy) is 2. The monoisotopic (exact) mass is 413 g/mol. The Morgan fingerprint density at radius 1 is 1.36 bits per heavy atom. The van der Waals surface area contributed by atoms with Gasteiger partial charge in [0.2, 0.25) is 15.9 Å². The highest BCUT2D eigenvalue weighted by atomic mass is 32.2. The molecule has 1 aliphatic rings. The molecule has 2 heterocycles. The molecule has 0 saturated carbocycles. The van der Waals surface area contributed by atoms with Crippen molar-refractivity contribution in [1.29, 1.82) is 0 Å². The van der Waals surface area contributed by atoms with Crippen molar-refractivity contribution in [3.05, 3.63) is 18.3 Å². The summed E-state index contributed by atoms with van der Waals surface area (Å²) < 4.78 is 33.5. The number of carbonyl (C=O) groups is 1. The molecule has 2 rings (SSSR count). The molecule has 0 radical (unpaired) electrons. The summed E-state index contributed by atoms with van der Waals surface area (Å²) in [5, 5.41) is 5.04. The van der Waals surface area contributed by atoms with E-state index in [9.17, 15) is 13.2 Å². The first-order valence-corrected chi connectivity index (χ1v) is 10.9. The average molecular weight is 414 g/mol. The van der Waals surface area contributed by atoms with Crippen LogP contribution in [0.2, 0.25) is 0 Å².